The Labute approximate surface area is 115 Å². The molecule has 0 spiro atoms. The van der Waals surface area contributed by atoms with Gasteiger partial charge in [-0.15, -0.1) is 0 Å². The molecule has 1 heterocycles. The maximum absolute atomic E-state index is 13.1. The van der Waals surface area contributed by atoms with Crippen LogP contribution in [0.15, 0.2) is 39.6 Å². The third-order valence-electron chi connectivity index (χ3n) is 2.34. The van der Waals surface area contributed by atoms with Gasteiger partial charge in [0.2, 0.25) is 0 Å². The van der Waals surface area contributed by atoms with Gasteiger partial charge in [0, 0.05) is 6.07 Å². The van der Waals surface area contributed by atoms with E-state index in [1.807, 2.05) is 0 Å². The molecule has 0 aliphatic heterocycles. The maximum Gasteiger partial charge on any atom is 0.358 e. The number of hydrogen-bond acceptors (Lipinski definition) is 4. The summed E-state index contributed by atoms with van der Waals surface area (Å²) >= 11 is 3.02. The molecule has 0 fully saturated rings. The first-order valence-corrected chi connectivity index (χ1v) is 5.96. The van der Waals surface area contributed by atoms with Crippen LogP contribution in [-0.2, 0) is 4.74 Å². The molecule has 5 nitrogen and oxygen atoms in total. The van der Waals surface area contributed by atoms with E-state index in [4.69, 9.17) is 0 Å². The molecule has 0 saturated heterocycles. The number of halogens is 2. The minimum atomic E-state index is -0.657. The number of carbonyl (C=O) groups is 1. The fourth-order valence-corrected chi connectivity index (χ4v) is 1.79. The lowest BCUT2D eigenvalue weighted by molar-refractivity contribution is 0.0591. The number of esters is 1. The van der Waals surface area contributed by atoms with Crippen molar-refractivity contribution < 1.29 is 13.9 Å². The summed E-state index contributed by atoms with van der Waals surface area (Å²) in [6.45, 7) is 0. The van der Waals surface area contributed by atoms with Crippen molar-refractivity contribution in [1.82, 2.24) is 9.78 Å². The average molecular weight is 327 g/mol. The Hall–Kier alpha value is -2.02. The van der Waals surface area contributed by atoms with Crippen LogP contribution in [0.1, 0.15) is 10.5 Å². The first kappa shape index (κ1) is 13.4. The highest BCUT2D eigenvalue weighted by atomic mass is 79.9. The van der Waals surface area contributed by atoms with Crippen LogP contribution in [-0.4, -0.2) is 22.9 Å². The Morgan fingerprint density at radius 3 is 2.74 bits per heavy atom. The number of nitrogens with zero attached hydrogens (tertiary/aromatic N) is 2. The second-order valence-corrected chi connectivity index (χ2v) is 4.41. The van der Waals surface area contributed by atoms with Crippen LogP contribution >= 0.6 is 15.9 Å². The molecule has 0 unspecified atom stereocenters. The number of rotatable bonds is 2. The van der Waals surface area contributed by atoms with Gasteiger partial charge in [-0.2, -0.15) is 9.78 Å². The first-order valence-electron chi connectivity index (χ1n) is 5.17. The Bertz CT molecular complexity index is 700. The van der Waals surface area contributed by atoms with Gasteiger partial charge < -0.3 is 4.74 Å². The molecule has 7 heteroatoms. The molecule has 0 bridgehead atoms. The Balaban J connectivity index is 2.57. The van der Waals surface area contributed by atoms with E-state index >= 15 is 0 Å². The van der Waals surface area contributed by atoms with E-state index in [9.17, 15) is 14.0 Å². The fraction of sp³-hybridized carbons (Fsp3) is 0.0833. The van der Waals surface area contributed by atoms with Crippen molar-refractivity contribution in [2.24, 2.45) is 0 Å². The molecular formula is C12H8BrFN2O3. The van der Waals surface area contributed by atoms with Crippen molar-refractivity contribution in [2.75, 3.05) is 7.11 Å². The van der Waals surface area contributed by atoms with Gasteiger partial charge in [-0.1, -0.05) is 0 Å². The van der Waals surface area contributed by atoms with Gasteiger partial charge in [0.1, 0.15) is 5.82 Å². The second-order valence-electron chi connectivity index (χ2n) is 3.56. The van der Waals surface area contributed by atoms with Crippen LogP contribution in [0, 0.1) is 5.82 Å². The summed E-state index contributed by atoms with van der Waals surface area (Å²) in [5.41, 5.74) is -0.113. The maximum atomic E-state index is 13.1. The summed E-state index contributed by atoms with van der Waals surface area (Å²) in [7, 11) is 1.22. The average Bonchev–Trinajstić information content (AvgIpc) is 2.41. The summed E-state index contributed by atoms with van der Waals surface area (Å²) in [6, 6.07) is 6.43. The highest BCUT2D eigenvalue weighted by molar-refractivity contribution is 9.10. The van der Waals surface area contributed by atoms with Crippen molar-refractivity contribution in [2.45, 2.75) is 0 Å². The summed E-state index contributed by atoms with van der Waals surface area (Å²) in [6.07, 6.45) is 0. The van der Waals surface area contributed by atoms with Crippen LogP contribution in [0.4, 0.5) is 4.39 Å². The van der Waals surface area contributed by atoms with Gasteiger partial charge in [0.25, 0.3) is 5.56 Å². The molecule has 0 amide bonds. The highest BCUT2D eigenvalue weighted by Crippen LogP contribution is 2.18. The lowest BCUT2D eigenvalue weighted by atomic mass is 10.3. The van der Waals surface area contributed by atoms with Gasteiger partial charge in [0.05, 0.1) is 17.3 Å². The standard InChI is InChI=1S/C12H8BrFN2O3/c1-19-12(18)10-4-5-11(17)16(15-10)7-2-3-9(14)8(13)6-7/h2-6H,1H3. The molecule has 19 heavy (non-hydrogen) atoms. The van der Waals surface area contributed by atoms with E-state index in [2.05, 4.69) is 25.8 Å². The zero-order chi connectivity index (χ0) is 14.0. The molecular weight excluding hydrogens is 319 g/mol. The molecule has 0 aliphatic rings. The molecule has 0 N–H and O–H groups in total. The number of ether oxygens (including phenoxy) is 1. The minimum absolute atomic E-state index is 0.0115. The van der Waals surface area contributed by atoms with Crippen molar-refractivity contribution in [3.8, 4) is 5.69 Å². The predicted octanol–water partition coefficient (Wildman–Crippen LogP) is 1.92. The van der Waals surface area contributed by atoms with E-state index in [-0.39, 0.29) is 10.2 Å². The third kappa shape index (κ3) is 2.70. The van der Waals surface area contributed by atoms with E-state index < -0.39 is 17.3 Å². The van der Waals surface area contributed by atoms with Crippen LogP contribution in [0.5, 0.6) is 0 Å². The topological polar surface area (TPSA) is 61.2 Å². The van der Waals surface area contributed by atoms with Crippen molar-refractivity contribution in [3.63, 3.8) is 0 Å². The van der Waals surface area contributed by atoms with Crippen molar-refractivity contribution >= 4 is 21.9 Å². The third-order valence-corrected chi connectivity index (χ3v) is 2.95. The summed E-state index contributed by atoms with van der Waals surface area (Å²) in [5.74, 6) is -1.11. The normalized spacial score (nSPS) is 10.3. The van der Waals surface area contributed by atoms with Gasteiger partial charge in [-0.25, -0.2) is 9.18 Å². The van der Waals surface area contributed by atoms with E-state index in [1.54, 1.807) is 0 Å². The molecule has 2 aromatic rings. The molecule has 1 aromatic carbocycles. The molecule has 0 saturated carbocycles. The van der Waals surface area contributed by atoms with Crippen molar-refractivity contribution in [3.05, 3.63) is 56.7 Å². The van der Waals surface area contributed by atoms with Crippen LogP contribution in [0.2, 0.25) is 0 Å². The van der Waals surface area contributed by atoms with E-state index in [0.717, 1.165) is 4.68 Å². The zero-order valence-corrected chi connectivity index (χ0v) is 11.3. The summed E-state index contributed by atoms with van der Waals surface area (Å²) in [4.78, 5) is 23.1. The van der Waals surface area contributed by atoms with Gasteiger partial charge in [0.15, 0.2) is 5.69 Å². The van der Waals surface area contributed by atoms with E-state index in [1.165, 1.54) is 37.4 Å². The quantitative estimate of drug-likeness (QED) is 0.791. The first-order chi connectivity index (χ1) is 9.02. The lowest BCUT2D eigenvalue weighted by Gasteiger charge is -2.06. The molecule has 98 valence electrons. The van der Waals surface area contributed by atoms with Crippen LogP contribution in [0.3, 0.4) is 0 Å². The minimum Gasteiger partial charge on any atom is -0.464 e. The van der Waals surface area contributed by atoms with Crippen LogP contribution in [0.25, 0.3) is 5.69 Å². The number of aromatic nitrogens is 2. The second kappa shape index (κ2) is 5.31. The number of benzene rings is 1. The van der Waals surface area contributed by atoms with Gasteiger partial charge in [-0.05, 0) is 40.2 Å². The fourth-order valence-electron chi connectivity index (χ4n) is 1.43. The molecule has 1 aromatic heterocycles. The number of hydrogen-bond donors (Lipinski definition) is 0. The molecule has 0 atom stereocenters. The Kier molecular flexibility index (Phi) is 3.75. The summed E-state index contributed by atoms with van der Waals surface area (Å²) in [5, 5.41) is 3.87. The van der Waals surface area contributed by atoms with Crippen molar-refractivity contribution in [1.29, 1.82) is 0 Å². The largest absolute Gasteiger partial charge is 0.464 e. The predicted molar refractivity (Wildman–Crippen MR) is 68.8 cm³/mol. The Morgan fingerprint density at radius 1 is 1.37 bits per heavy atom. The highest BCUT2D eigenvalue weighted by Gasteiger charge is 2.11. The molecule has 2 rings (SSSR count). The molecule has 0 aliphatic carbocycles. The lowest BCUT2D eigenvalue weighted by Crippen LogP contribution is -2.23. The van der Waals surface area contributed by atoms with Gasteiger partial charge >= 0.3 is 5.97 Å². The van der Waals surface area contributed by atoms with Crippen LogP contribution < -0.4 is 5.56 Å². The number of carbonyl (C=O) groups excluding carboxylic acids is 1. The zero-order valence-electron chi connectivity index (χ0n) is 9.76. The molecule has 0 radical (unpaired) electrons. The summed E-state index contributed by atoms with van der Waals surface area (Å²) < 4.78 is 18.9. The monoisotopic (exact) mass is 326 g/mol. The Morgan fingerprint density at radius 2 is 2.11 bits per heavy atom. The number of methoxy groups -OCH3 is 1. The smallest absolute Gasteiger partial charge is 0.358 e. The van der Waals surface area contributed by atoms with E-state index in [0.29, 0.717) is 5.69 Å². The van der Waals surface area contributed by atoms with Gasteiger partial charge in [-0.3, -0.25) is 4.79 Å². The SMILES string of the molecule is COC(=O)c1ccc(=O)n(-c2ccc(F)c(Br)c2)n1.